The number of thiocarbonyl (C=S) groups is 1. The van der Waals surface area contributed by atoms with E-state index in [1.165, 1.54) is 23.3 Å². The lowest BCUT2D eigenvalue weighted by Crippen LogP contribution is -2.43. The van der Waals surface area contributed by atoms with Crippen LogP contribution >= 0.6 is 23.6 Å². The molecule has 2 aromatic rings. The molecule has 0 spiro atoms. The van der Waals surface area contributed by atoms with Crippen LogP contribution in [0, 0.1) is 0 Å². The Morgan fingerprint density at radius 1 is 1.08 bits per heavy atom. The maximum Gasteiger partial charge on any atom is 0.279 e. The van der Waals surface area contributed by atoms with Gasteiger partial charge in [-0.25, -0.2) is 0 Å². The van der Waals surface area contributed by atoms with Crippen molar-refractivity contribution in [2.24, 2.45) is 0 Å². The summed E-state index contributed by atoms with van der Waals surface area (Å²) in [7, 11) is 0. The molecule has 3 N–H and O–H groups in total. The Morgan fingerprint density at radius 2 is 1.92 bits per heavy atom. The monoisotopic (exact) mass is 375 g/mol. The van der Waals surface area contributed by atoms with Crippen molar-refractivity contribution in [1.82, 2.24) is 10.9 Å². The first kappa shape index (κ1) is 16.2. The van der Waals surface area contributed by atoms with E-state index in [0.717, 1.165) is 18.5 Å². The quantitative estimate of drug-likeness (QED) is 0.554. The van der Waals surface area contributed by atoms with Crippen LogP contribution in [-0.4, -0.2) is 17.8 Å². The van der Waals surface area contributed by atoms with Gasteiger partial charge >= 0.3 is 0 Å². The Hall–Kier alpha value is -2.32. The topological polar surface area (TPSA) is 71.6 Å². The molecule has 2 aliphatic rings. The Bertz CT molecular complexity index is 811. The highest BCUT2D eigenvalue weighted by Crippen LogP contribution is 2.34. The number of carbonyl (C=O) groups excluding carboxylic acids is 1. The maximum absolute atomic E-state index is 12.3. The van der Waals surface area contributed by atoms with Gasteiger partial charge in [-0.2, -0.15) is 0 Å². The molecule has 1 amide bonds. The number of aryl methyl sites for hydroxylation is 2. The highest BCUT2D eigenvalue weighted by molar-refractivity contribution is 7.80. The molecule has 4 rings (SSSR count). The summed E-state index contributed by atoms with van der Waals surface area (Å²) < 4.78 is 10.6. The van der Waals surface area contributed by atoms with Crippen LogP contribution in [0.5, 0.6) is 11.5 Å². The van der Waals surface area contributed by atoms with Gasteiger partial charge in [-0.05, 0) is 61.7 Å². The van der Waals surface area contributed by atoms with Crippen molar-refractivity contribution >= 4 is 40.3 Å². The van der Waals surface area contributed by atoms with E-state index < -0.39 is 0 Å². The van der Waals surface area contributed by atoms with Crippen LogP contribution in [0.4, 0.5) is 5.69 Å². The fourth-order valence-corrected chi connectivity index (χ4v) is 4.23. The predicted molar refractivity (Wildman–Crippen MR) is 100 cm³/mol. The molecule has 1 aliphatic carbocycles. The molecule has 2 heterocycles. The predicted octanol–water partition coefficient (Wildman–Crippen LogP) is 2.99. The van der Waals surface area contributed by atoms with E-state index in [9.17, 15) is 4.79 Å². The van der Waals surface area contributed by atoms with E-state index in [0.29, 0.717) is 21.5 Å². The van der Waals surface area contributed by atoms with Crippen molar-refractivity contribution in [3.63, 3.8) is 0 Å². The van der Waals surface area contributed by atoms with Gasteiger partial charge in [0, 0.05) is 16.6 Å². The number of hydrogen-bond donors (Lipinski definition) is 3. The maximum atomic E-state index is 12.3. The number of thiophene rings is 1. The summed E-state index contributed by atoms with van der Waals surface area (Å²) >= 11 is 6.78. The van der Waals surface area contributed by atoms with Crippen LogP contribution in [0.2, 0.25) is 0 Å². The van der Waals surface area contributed by atoms with Gasteiger partial charge in [0.2, 0.25) is 6.79 Å². The molecule has 0 fully saturated rings. The largest absolute Gasteiger partial charge is 0.454 e. The van der Waals surface area contributed by atoms with E-state index in [2.05, 4.69) is 16.2 Å². The van der Waals surface area contributed by atoms with Gasteiger partial charge in [0.1, 0.15) is 0 Å². The molecule has 130 valence electrons. The van der Waals surface area contributed by atoms with Crippen LogP contribution in [-0.2, 0) is 12.8 Å². The third-order valence-electron chi connectivity index (χ3n) is 4.14. The SMILES string of the molecule is O=C(NNC(=S)Nc1ccc2c(c1)OCO2)c1cc2c(s1)CCCC2. The highest BCUT2D eigenvalue weighted by atomic mass is 32.1. The number of fused-ring (bicyclic) bond motifs is 2. The molecule has 1 aromatic carbocycles. The molecule has 0 bridgehead atoms. The average Bonchev–Trinajstić information content (AvgIpc) is 3.25. The lowest BCUT2D eigenvalue weighted by molar-refractivity contribution is 0.0948. The Labute approximate surface area is 154 Å². The molecular weight excluding hydrogens is 358 g/mol. The molecule has 0 saturated carbocycles. The van der Waals surface area contributed by atoms with Gasteiger partial charge in [0.15, 0.2) is 16.6 Å². The summed E-state index contributed by atoms with van der Waals surface area (Å²) in [6, 6.07) is 7.43. The van der Waals surface area contributed by atoms with Crippen molar-refractivity contribution in [2.45, 2.75) is 25.7 Å². The molecule has 1 aromatic heterocycles. The molecule has 8 heteroatoms. The van der Waals surface area contributed by atoms with Crippen LogP contribution in [0.25, 0.3) is 0 Å². The second-order valence-corrected chi connectivity index (χ2v) is 7.41. The molecule has 1 aliphatic heterocycles. The minimum absolute atomic E-state index is 0.172. The zero-order chi connectivity index (χ0) is 17.2. The first-order chi connectivity index (χ1) is 12.2. The summed E-state index contributed by atoms with van der Waals surface area (Å²) in [5.41, 5.74) is 7.44. The van der Waals surface area contributed by atoms with Crippen LogP contribution in [0.3, 0.4) is 0 Å². The number of amides is 1. The zero-order valence-electron chi connectivity index (χ0n) is 13.4. The van der Waals surface area contributed by atoms with E-state index in [4.69, 9.17) is 21.7 Å². The summed E-state index contributed by atoms with van der Waals surface area (Å²) in [5.74, 6) is 1.20. The van der Waals surface area contributed by atoms with Crippen LogP contribution in [0.15, 0.2) is 24.3 Å². The average molecular weight is 375 g/mol. The van der Waals surface area contributed by atoms with Crippen molar-refractivity contribution in [3.8, 4) is 11.5 Å². The lowest BCUT2D eigenvalue weighted by Gasteiger charge is -2.11. The molecule has 0 atom stereocenters. The Balaban J connectivity index is 1.32. The summed E-state index contributed by atoms with van der Waals surface area (Å²) in [6.07, 6.45) is 4.55. The molecule has 0 unspecified atom stereocenters. The van der Waals surface area contributed by atoms with Gasteiger partial charge in [0.25, 0.3) is 5.91 Å². The second-order valence-electron chi connectivity index (χ2n) is 5.87. The fourth-order valence-electron chi connectivity index (χ4n) is 2.91. The first-order valence-corrected chi connectivity index (χ1v) is 9.30. The Kier molecular flexibility index (Phi) is 4.46. The second kappa shape index (κ2) is 6.89. The molecule has 6 nitrogen and oxygen atoms in total. The zero-order valence-corrected chi connectivity index (χ0v) is 15.0. The van der Waals surface area contributed by atoms with Gasteiger partial charge in [-0.3, -0.25) is 15.6 Å². The number of rotatable bonds is 2. The van der Waals surface area contributed by atoms with Gasteiger partial charge in [-0.1, -0.05) is 0 Å². The number of hydrogen-bond acceptors (Lipinski definition) is 5. The number of hydrazine groups is 1. The molecular formula is C17H17N3O3S2. The molecule has 0 radical (unpaired) electrons. The van der Waals surface area contributed by atoms with Crippen molar-refractivity contribution in [3.05, 3.63) is 39.6 Å². The third-order valence-corrected chi connectivity index (χ3v) is 5.58. The lowest BCUT2D eigenvalue weighted by atomic mass is 9.99. The smallest absolute Gasteiger partial charge is 0.279 e. The molecule has 0 saturated heterocycles. The third kappa shape index (κ3) is 3.54. The number of carbonyl (C=O) groups is 1. The summed E-state index contributed by atoms with van der Waals surface area (Å²) in [5, 5.41) is 3.30. The minimum atomic E-state index is -0.172. The van der Waals surface area contributed by atoms with E-state index in [1.807, 2.05) is 18.2 Å². The summed E-state index contributed by atoms with van der Waals surface area (Å²) in [4.78, 5) is 14.3. The summed E-state index contributed by atoms with van der Waals surface area (Å²) in [6.45, 7) is 0.225. The number of nitrogens with one attached hydrogen (secondary N) is 3. The van der Waals surface area contributed by atoms with Gasteiger partial charge < -0.3 is 14.8 Å². The normalized spacial score (nSPS) is 14.6. The van der Waals surface area contributed by atoms with E-state index >= 15 is 0 Å². The van der Waals surface area contributed by atoms with Crippen molar-refractivity contribution < 1.29 is 14.3 Å². The van der Waals surface area contributed by atoms with Gasteiger partial charge in [-0.15, -0.1) is 11.3 Å². The molecule has 25 heavy (non-hydrogen) atoms. The number of benzene rings is 1. The van der Waals surface area contributed by atoms with E-state index in [1.54, 1.807) is 17.4 Å². The van der Waals surface area contributed by atoms with E-state index in [-0.39, 0.29) is 12.7 Å². The van der Waals surface area contributed by atoms with Crippen molar-refractivity contribution in [1.29, 1.82) is 0 Å². The van der Waals surface area contributed by atoms with Crippen LogP contribution < -0.4 is 25.6 Å². The first-order valence-electron chi connectivity index (χ1n) is 8.07. The highest BCUT2D eigenvalue weighted by Gasteiger charge is 2.17. The van der Waals surface area contributed by atoms with Crippen molar-refractivity contribution in [2.75, 3.05) is 12.1 Å². The van der Waals surface area contributed by atoms with Gasteiger partial charge in [0.05, 0.1) is 4.88 Å². The van der Waals surface area contributed by atoms with Crippen LogP contribution in [0.1, 0.15) is 33.0 Å². The minimum Gasteiger partial charge on any atom is -0.454 e. The number of ether oxygens (including phenoxy) is 2. The number of anilines is 1. The standard InChI is InChI=1S/C17H17N3O3S2/c21-16(15-7-10-3-1-2-4-14(10)25-15)19-20-17(24)18-11-5-6-12-13(8-11)23-9-22-12/h5-8H,1-4,9H2,(H,19,21)(H2,18,20,24). The Morgan fingerprint density at radius 3 is 2.80 bits per heavy atom. The fraction of sp³-hybridized carbons (Fsp3) is 0.294.